The van der Waals surface area contributed by atoms with Crippen molar-refractivity contribution in [3.05, 3.63) is 64.2 Å². The van der Waals surface area contributed by atoms with Gasteiger partial charge in [-0.25, -0.2) is 9.59 Å². The fourth-order valence-corrected chi connectivity index (χ4v) is 1.95. The minimum atomic E-state index is -0.650. The normalized spacial score (nSPS) is 10.3. The lowest BCUT2D eigenvalue weighted by Crippen LogP contribution is -2.17. The third-order valence-corrected chi connectivity index (χ3v) is 3.27. The van der Waals surface area contributed by atoms with E-state index in [1.54, 1.807) is 0 Å². The van der Waals surface area contributed by atoms with Gasteiger partial charge in [-0.15, -0.1) is 0 Å². The zero-order valence-electron chi connectivity index (χ0n) is 14.9. The van der Waals surface area contributed by atoms with Gasteiger partial charge in [0.2, 0.25) is 0 Å². The summed E-state index contributed by atoms with van der Waals surface area (Å²) < 4.78 is 15.4. The van der Waals surface area contributed by atoms with Gasteiger partial charge in [0.05, 0.1) is 17.1 Å². The van der Waals surface area contributed by atoms with Crippen molar-refractivity contribution >= 4 is 17.6 Å². The molecule has 0 atom stereocenters. The van der Waals surface area contributed by atoms with E-state index in [4.69, 9.17) is 14.2 Å². The van der Waals surface area contributed by atoms with Crippen LogP contribution in [0.1, 0.15) is 24.2 Å². The Bertz CT molecular complexity index is 798. The molecule has 0 saturated heterocycles. The lowest BCUT2D eigenvalue weighted by atomic mass is 10.2. The highest BCUT2D eigenvalue weighted by atomic mass is 16.6. The Labute approximate surface area is 155 Å². The van der Waals surface area contributed by atoms with E-state index >= 15 is 0 Å². The molecule has 2 aromatic rings. The van der Waals surface area contributed by atoms with E-state index in [1.807, 2.05) is 13.8 Å². The minimum absolute atomic E-state index is 0.0723. The van der Waals surface area contributed by atoms with E-state index in [0.29, 0.717) is 17.9 Å². The van der Waals surface area contributed by atoms with Crippen molar-refractivity contribution < 1.29 is 28.7 Å². The van der Waals surface area contributed by atoms with Gasteiger partial charge in [0.15, 0.2) is 6.61 Å². The maximum absolute atomic E-state index is 11.8. The smallest absolute Gasteiger partial charge is 0.349 e. The first-order chi connectivity index (χ1) is 12.8. The molecule has 0 fully saturated rings. The minimum Gasteiger partial charge on any atom is -0.482 e. The Kier molecular flexibility index (Phi) is 6.87. The molecule has 0 aliphatic heterocycles. The molecule has 27 heavy (non-hydrogen) atoms. The monoisotopic (exact) mass is 373 g/mol. The third-order valence-electron chi connectivity index (χ3n) is 3.27. The van der Waals surface area contributed by atoms with E-state index in [1.165, 1.54) is 48.5 Å². The number of benzene rings is 2. The van der Waals surface area contributed by atoms with E-state index in [9.17, 15) is 19.7 Å². The number of nitro groups is 1. The van der Waals surface area contributed by atoms with Gasteiger partial charge >= 0.3 is 11.9 Å². The molecule has 142 valence electrons. The number of rotatable bonds is 8. The highest BCUT2D eigenvalue weighted by Crippen LogP contribution is 2.18. The van der Waals surface area contributed by atoms with E-state index < -0.39 is 16.9 Å². The summed E-state index contributed by atoms with van der Waals surface area (Å²) in [4.78, 5) is 33.7. The molecule has 0 unspecified atom stereocenters. The van der Waals surface area contributed by atoms with Gasteiger partial charge in [-0.2, -0.15) is 0 Å². The Hall–Kier alpha value is -3.42. The molecule has 0 saturated carbocycles. The van der Waals surface area contributed by atoms with Crippen LogP contribution in [-0.2, 0) is 9.53 Å². The summed E-state index contributed by atoms with van der Waals surface area (Å²) in [6.07, 6.45) is 0. The van der Waals surface area contributed by atoms with Crippen LogP contribution in [0.4, 0.5) is 5.69 Å². The Morgan fingerprint density at radius 1 is 1.00 bits per heavy atom. The van der Waals surface area contributed by atoms with Crippen LogP contribution in [0.5, 0.6) is 11.5 Å². The fraction of sp³-hybridized carbons (Fsp3) is 0.263. The molecule has 0 bridgehead atoms. The van der Waals surface area contributed by atoms with Crippen LogP contribution < -0.4 is 9.47 Å². The largest absolute Gasteiger partial charge is 0.482 e. The number of ether oxygens (including phenoxy) is 3. The lowest BCUT2D eigenvalue weighted by Gasteiger charge is -2.08. The van der Waals surface area contributed by atoms with E-state index in [0.717, 1.165) is 0 Å². The van der Waals surface area contributed by atoms with Crippen molar-refractivity contribution in [2.45, 2.75) is 13.8 Å². The number of carbonyl (C=O) groups is 2. The van der Waals surface area contributed by atoms with Crippen molar-refractivity contribution in [2.75, 3.05) is 13.2 Å². The molecule has 0 aromatic heterocycles. The maximum Gasteiger partial charge on any atom is 0.349 e. The summed E-state index contributed by atoms with van der Waals surface area (Å²) in [5.74, 6) is -0.287. The van der Waals surface area contributed by atoms with Crippen LogP contribution in [0.25, 0.3) is 0 Å². The van der Waals surface area contributed by atoms with Crippen molar-refractivity contribution in [3.8, 4) is 11.5 Å². The SMILES string of the molecule is CC(C)COC(=O)c1ccc(OC(=O)COc2ccc([N+](=O)[O-])cc2)cc1. The molecular formula is C19H19NO7. The Balaban J connectivity index is 1.83. The van der Waals surface area contributed by atoms with Crippen LogP contribution in [0.3, 0.4) is 0 Å². The average molecular weight is 373 g/mol. The van der Waals surface area contributed by atoms with Crippen LogP contribution in [0.15, 0.2) is 48.5 Å². The fourth-order valence-electron chi connectivity index (χ4n) is 1.95. The molecule has 2 aromatic carbocycles. The zero-order chi connectivity index (χ0) is 19.8. The lowest BCUT2D eigenvalue weighted by molar-refractivity contribution is -0.384. The first kappa shape index (κ1) is 19.9. The number of hydrogen-bond donors (Lipinski definition) is 0. The van der Waals surface area contributed by atoms with Gasteiger partial charge in [-0.05, 0) is 42.3 Å². The zero-order valence-corrected chi connectivity index (χ0v) is 14.9. The number of carbonyl (C=O) groups excluding carboxylic acids is 2. The quantitative estimate of drug-likeness (QED) is 0.302. The molecule has 0 radical (unpaired) electrons. The molecule has 0 amide bonds. The number of non-ortho nitro benzene ring substituents is 1. The maximum atomic E-state index is 11.8. The number of esters is 2. The number of hydrogen-bond acceptors (Lipinski definition) is 7. The Morgan fingerprint density at radius 3 is 2.15 bits per heavy atom. The van der Waals surface area contributed by atoms with Crippen LogP contribution in [0.2, 0.25) is 0 Å². The number of nitro benzene ring substituents is 1. The Morgan fingerprint density at radius 2 is 1.59 bits per heavy atom. The van der Waals surface area contributed by atoms with Gasteiger partial charge in [0.25, 0.3) is 5.69 Å². The summed E-state index contributed by atoms with van der Waals surface area (Å²) in [6.45, 7) is 3.84. The predicted octanol–water partition coefficient (Wildman–Crippen LogP) is 3.39. The molecule has 0 N–H and O–H groups in total. The second-order valence-electron chi connectivity index (χ2n) is 6.03. The average Bonchev–Trinajstić information content (AvgIpc) is 2.65. The molecule has 2 rings (SSSR count). The third kappa shape index (κ3) is 6.43. The van der Waals surface area contributed by atoms with Crippen molar-refractivity contribution in [3.63, 3.8) is 0 Å². The molecule has 8 heteroatoms. The van der Waals surface area contributed by atoms with Crippen molar-refractivity contribution in [1.82, 2.24) is 0 Å². The topological polar surface area (TPSA) is 105 Å². The first-order valence-corrected chi connectivity index (χ1v) is 8.20. The second-order valence-corrected chi connectivity index (χ2v) is 6.03. The summed E-state index contributed by atoms with van der Waals surface area (Å²) in [5, 5.41) is 10.6. The van der Waals surface area contributed by atoms with Gasteiger partial charge in [-0.3, -0.25) is 10.1 Å². The van der Waals surface area contributed by atoms with Crippen molar-refractivity contribution in [1.29, 1.82) is 0 Å². The summed E-state index contributed by atoms with van der Waals surface area (Å²) in [7, 11) is 0. The summed E-state index contributed by atoms with van der Waals surface area (Å²) in [6, 6.07) is 11.3. The molecule has 0 aliphatic rings. The standard InChI is InChI=1S/C19H19NO7/c1-13(2)11-26-19(22)14-3-7-17(8-4-14)27-18(21)12-25-16-9-5-15(6-10-16)20(23)24/h3-10,13H,11-12H2,1-2H3. The van der Waals surface area contributed by atoms with Crippen LogP contribution in [0, 0.1) is 16.0 Å². The highest BCUT2D eigenvalue weighted by Gasteiger charge is 2.11. The van der Waals surface area contributed by atoms with Gasteiger partial charge in [0, 0.05) is 12.1 Å². The summed E-state index contributed by atoms with van der Waals surface area (Å²) in [5.41, 5.74) is 0.287. The predicted molar refractivity (Wildman–Crippen MR) is 95.8 cm³/mol. The number of nitrogens with zero attached hydrogens (tertiary/aromatic N) is 1. The van der Waals surface area contributed by atoms with Crippen LogP contribution >= 0.6 is 0 Å². The van der Waals surface area contributed by atoms with E-state index in [2.05, 4.69) is 0 Å². The van der Waals surface area contributed by atoms with Gasteiger partial charge in [0.1, 0.15) is 11.5 Å². The molecule has 0 aliphatic carbocycles. The van der Waals surface area contributed by atoms with Crippen molar-refractivity contribution in [2.24, 2.45) is 5.92 Å². The molecular weight excluding hydrogens is 354 g/mol. The molecule has 8 nitrogen and oxygen atoms in total. The van der Waals surface area contributed by atoms with Gasteiger partial charge < -0.3 is 14.2 Å². The first-order valence-electron chi connectivity index (χ1n) is 8.20. The highest BCUT2D eigenvalue weighted by molar-refractivity contribution is 5.89. The van der Waals surface area contributed by atoms with Crippen LogP contribution in [-0.4, -0.2) is 30.1 Å². The molecule has 0 heterocycles. The van der Waals surface area contributed by atoms with E-state index in [-0.39, 0.29) is 24.0 Å². The summed E-state index contributed by atoms with van der Waals surface area (Å²) >= 11 is 0. The molecule has 0 spiro atoms. The second kappa shape index (κ2) is 9.33. The van der Waals surface area contributed by atoms with Gasteiger partial charge in [-0.1, -0.05) is 13.8 Å².